The van der Waals surface area contributed by atoms with Crippen LogP contribution >= 0.6 is 0 Å². The van der Waals surface area contributed by atoms with Crippen LogP contribution in [0.5, 0.6) is 0 Å². The monoisotopic (exact) mass is 382 g/mol. The van der Waals surface area contributed by atoms with Crippen molar-refractivity contribution in [1.29, 1.82) is 0 Å². The maximum absolute atomic E-state index is 12.2. The lowest BCUT2D eigenvalue weighted by Gasteiger charge is -2.34. The molecule has 1 aliphatic heterocycles. The lowest BCUT2D eigenvalue weighted by Crippen LogP contribution is -2.40. The Morgan fingerprint density at radius 1 is 1.11 bits per heavy atom. The van der Waals surface area contributed by atoms with Gasteiger partial charge in [0.25, 0.3) is 5.56 Å². The van der Waals surface area contributed by atoms with Gasteiger partial charge in [-0.2, -0.15) is 5.10 Å². The van der Waals surface area contributed by atoms with E-state index in [1.807, 2.05) is 30.3 Å². The molecule has 1 aromatic carbocycles. The number of carbonyl (C=O) groups excluding carboxylic acids is 1. The van der Waals surface area contributed by atoms with Crippen LogP contribution in [0.1, 0.15) is 26.7 Å². The molecule has 6 nitrogen and oxygen atoms in total. The number of carbonyl (C=O) groups is 1. The molecule has 0 aliphatic carbocycles. The molecule has 2 aromatic rings. The van der Waals surface area contributed by atoms with Crippen molar-refractivity contribution >= 4 is 5.91 Å². The number of piperidine rings is 1. The Morgan fingerprint density at radius 3 is 2.54 bits per heavy atom. The molecular weight excluding hydrogens is 352 g/mol. The summed E-state index contributed by atoms with van der Waals surface area (Å²) < 4.78 is 1.23. The second-order valence-corrected chi connectivity index (χ2v) is 7.99. The summed E-state index contributed by atoms with van der Waals surface area (Å²) in [6, 6.07) is 12.8. The quantitative estimate of drug-likeness (QED) is 0.747. The second-order valence-electron chi connectivity index (χ2n) is 7.99. The third-order valence-corrected chi connectivity index (χ3v) is 5.15. The van der Waals surface area contributed by atoms with Gasteiger partial charge in [-0.15, -0.1) is 0 Å². The van der Waals surface area contributed by atoms with Gasteiger partial charge in [0.15, 0.2) is 0 Å². The fraction of sp³-hybridized carbons (Fsp3) is 0.500. The highest BCUT2D eigenvalue weighted by Gasteiger charge is 2.21. The minimum absolute atomic E-state index is 0.0582. The molecule has 1 aromatic heterocycles. The van der Waals surface area contributed by atoms with Gasteiger partial charge in [-0.1, -0.05) is 44.2 Å². The van der Waals surface area contributed by atoms with Crippen LogP contribution < -0.4 is 10.9 Å². The van der Waals surface area contributed by atoms with Gasteiger partial charge in [0.2, 0.25) is 5.91 Å². The zero-order valence-corrected chi connectivity index (χ0v) is 16.8. The number of aromatic nitrogens is 2. The van der Waals surface area contributed by atoms with E-state index in [9.17, 15) is 9.59 Å². The van der Waals surface area contributed by atoms with Crippen LogP contribution in [0.25, 0.3) is 11.3 Å². The highest BCUT2D eigenvalue weighted by Crippen LogP contribution is 2.20. The zero-order chi connectivity index (χ0) is 19.9. The van der Waals surface area contributed by atoms with Crippen molar-refractivity contribution < 1.29 is 4.79 Å². The zero-order valence-electron chi connectivity index (χ0n) is 16.8. The average molecular weight is 383 g/mol. The van der Waals surface area contributed by atoms with Crippen molar-refractivity contribution in [2.45, 2.75) is 33.2 Å². The Kier molecular flexibility index (Phi) is 6.98. The van der Waals surface area contributed by atoms with Gasteiger partial charge in [-0.05, 0) is 37.3 Å². The highest BCUT2D eigenvalue weighted by atomic mass is 16.2. The van der Waals surface area contributed by atoms with Gasteiger partial charge in [0, 0.05) is 31.3 Å². The van der Waals surface area contributed by atoms with E-state index in [-0.39, 0.29) is 18.0 Å². The van der Waals surface area contributed by atoms with E-state index in [1.165, 1.54) is 17.2 Å². The van der Waals surface area contributed by atoms with Crippen molar-refractivity contribution in [3.05, 3.63) is 52.8 Å². The van der Waals surface area contributed by atoms with Gasteiger partial charge >= 0.3 is 0 Å². The molecule has 150 valence electrons. The Balaban J connectivity index is 1.48. The predicted molar refractivity (Wildman–Crippen MR) is 111 cm³/mol. The van der Waals surface area contributed by atoms with E-state index >= 15 is 0 Å². The Labute approximate surface area is 166 Å². The van der Waals surface area contributed by atoms with Gasteiger partial charge in [-0.3, -0.25) is 9.59 Å². The molecule has 2 heterocycles. The number of likely N-dealkylation sites (tertiary alicyclic amines) is 1. The molecule has 0 spiro atoms. The summed E-state index contributed by atoms with van der Waals surface area (Å²) in [4.78, 5) is 26.8. The van der Waals surface area contributed by atoms with Crippen LogP contribution in [0.15, 0.2) is 47.3 Å². The molecule has 1 saturated heterocycles. The second kappa shape index (κ2) is 9.64. The van der Waals surface area contributed by atoms with Crippen LogP contribution in [-0.2, 0) is 11.3 Å². The largest absolute Gasteiger partial charge is 0.354 e. The number of nitrogens with one attached hydrogen (secondary N) is 1. The summed E-state index contributed by atoms with van der Waals surface area (Å²) in [7, 11) is 0. The minimum atomic E-state index is -0.272. The first-order chi connectivity index (χ1) is 13.5. The van der Waals surface area contributed by atoms with E-state index in [4.69, 9.17) is 0 Å². The van der Waals surface area contributed by atoms with E-state index in [0.29, 0.717) is 12.2 Å². The topological polar surface area (TPSA) is 67.2 Å². The SMILES string of the molecule is C[C@H]1C[C@H](C)CN(CCCNC(=O)Cn2nc(-c3ccccc3)ccc2=O)C1. The van der Waals surface area contributed by atoms with Crippen LogP contribution in [-0.4, -0.2) is 46.8 Å². The molecule has 0 saturated carbocycles. The molecular formula is C22H30N4O2. The fourth-order valence-electron chi connectivity index (χ4n) is 4.02. The van der Waals surface area contributed by atoms with Crippen molar-refractivity contribution in [2.24, 2.45) is 11.8 Å². The van der Waals surface area contributed by atoms with E-state index < -0.39 is 0 Å². The van der Waals surface area contributed by atoms with Crippen LogP contribution in [0.3, 0.4) is 0 Å². The first kappa shape index (κ1) is 20.3. The number of hydrogen-bond acceptors (Lipinski definition) is 4. The maximum Gasteiger partial charge on any atom is 0.267 e. The average Bonchev–Trinajstić information content (AvgIpc) is 2.67. The molecule has 6 heteroatoms. The van der Waals surface area contributed by atoms with Gasteiger partial charge in [0.1, 0.15) is 6.54 Å². The molecule has 1 N–H and O–H groups in total. The van der Waals surface area contributed by atoms with E-state index in [1.54, 1.807) is 6.07 Å². The third kappa shape index (κ3) is 5.76. The first-order valence-corrected chi connectivity index (χ1v) is 10.1. The highest BCUT2D eigenvalue weighted by molar-refractivity contribution is 5.75. The molecule has 3 rings (SSSR count). The maximum atomic E-state index is 12.2. The van der Waals surface area contributed by atoms with Crippen LogP contribution in [0.4, 0.5) is 0 Å². The van der Waals surface area contributed by atoms with Gasteiger partial charge < -0.3 is 10.2 Å². The number of hydrogen-bond donors (Lipinski definition) is 1. The summed E-state index contributed by atoms with van der Waals surface area (Å²) in [5.74, 6) is 1.31. The Hall–Kier alpha value is -2.47. The van der Waals surface area contributed by atoms with Crippen molar-refractivity contribution in [2.75, 3.05) is 26.2 Å². The summed E-state index contributed by atoms with van der Waals surface area (Å²) in [6.07, 6.45) is 2.22. The summed E-state index contributed by atoms with van der Waals surface area (Å²) in [5, 5.41) is 7.25. The number of nitrogens with zero attached hydrogens (tertiary/aromatic N) is 3. The predicted octanol–water partition coefficient (Wildman–Crippen LogP) is 2.39. The minimum Gasteiger partial charge on any atom is -0.354 e. The molecule has 1 fully saturated rings. The molecule has 2 atom stereocenters. The lowest BCUT2D eigenvalue weighted by atomic mass is 9.92. The van der Waals surface area contributed by atoms with Crippen LogP contribution in [0.2, 0.25) is 0 Å². The van der Waals surface area contributed by atoms with Gasteiger partial charge in [0.05, 0.1) is 5.69 Å². The molecule has 1 amide bonds. The Bertz CT molecular complexity index is 824. The molecule has 0 unspecified atom stereocenters. The molecule has 0 radical (unpaired) electrons. The van der Waals surface area contributed by atoms with Gasteiger partial charge in [-0.25, -0.2) is 4.68 Å². The van der Waals surface area contributed by atoms with Crippen molar-refractivity contribution in [3.63, 3.8) is 0 Å². The van der Waals surface area contributed by atoms with Crippen LogP contribution in [0, 0.1) is 11.8 Å². The molecule has 28 heavy (non-hydrogen) atoms. The molecule has 0 bridgehead atoms. The normalized spacial score (nSPS) is 20.1. The standard InChI is InChI=1S/C22H30N4O2/c1-17-13-18(2)15-25(14-17)12-6-11-23-21(27)16-26-22(28)10-9-20(24-26)19-7-4-3-5-8-19/h3-5,7-10,17-18H,6,11-16H2,1-2H3,(H,23,27)/t17-,18-/m0/s1. The number of amides is 1. The van der Waals surface area contributed by atoms with Crippen molar-refractivity contribution in [1.82, 2.24) is 20.0 Å². The molecule has 1 aliphatic rings. The van der Waals surface area contributed by atoms with E-state index in [0.717, 1.165) is 43.5 Å². The first-order valence-electron chi connectivity index (χ1n) is 10.1. The van der Waals surface area contributed by atoms with Crippen molar-refractivity contribution in [3.8, 4) is 11.3 Å². The number of rotatable bonds is 7. The smallest absolute Gasteiger partial charge is 0.267 e. The fourth-order valence-corrected chi connectivity index (χ4v) is 4.02. The summed E-state index contributed by atoms with van der Waals surface area (Å²) in [5.41, 5.74) is 1.33. The Morgan fingerprint density at radius 2 is 1.82 bits per heavy atom. The van der Waals surface area contributed by atoms with E-state index in [2.05, 4.69) is 29.2 Å². The third-order valence-electron chi connectivity index (χ3n) is 5.15. The lowest BCUT2D eigenvalue weighted by molar-refractivity contribution is -0.121. The summed E-state index contributed by atoms with van der Waals surface area (Å²) in [6.45, 7) is 8.45. The number of benzene rings is 1. The summed E-state index contributed by atoms with van der Waals surface area (Å²) >= 11 is 0.